The van der Waals surface area contributed by atoms with Gasteiger partial charge < -0.3 is 9.64 Å². The van der Waals surface area contributed by atoms with Crippen molar-refractivity contribution in [3.8, 4) is 0 Å². The third-order valence-corrected chi connectivity index (χ3v) is 6.90. The monoisotopic (exact) mass is 461 g/mol. The molecule has 32 heavy (non-hydrogen) atoms. The van der Waals surface area contributed by atoms with Crippen LogP contribution in [0.4, 0.5) is 4.39 Å². The molecule has 0 aliphatic heterocycles. The summed E-state index contributed by atoms with van der Waals surface area (Å²) < 4.78 is 42.2. The molecule has 1 saturated carbocycles. The Morgan fingerprint density at radius 3 is 2.34 bits per heavy atom. The van der Waals surface area contributed by atoms with E-state index < -0.39 is 22.4 Å². The van der Waals surface area contributed by atoms with Gasteiger partial charge in [0.25, 0.3) is 5.91 Å². The van der Waals surface area contributed by atoms with Gasteiger partial charge in [-0.25, -0.2) is 17.6 Å². The first-order valence-corrected chi connectivity index (χ1v) is 12.6. The molecule has 1 fully saturated rings. The molecule has 0 saturated heterocycles. The van der Waals surface area contributed by atoms with Crippen molar-refractivity contribution in [2.75, 3.05) is 12.9 Å². The zero-order valence-corrected chi connectivity index (χ0v) is 19.2. The van der Waals surface area contributed by atoms with Crippen molar-refractivity contribution in [3.05, 3.63) is 65.0 Å². The van der Waals surface area contributed by atoms with E-state index in [4.69, 9.17) is 4.74 Å². The summed E-state index contributed by atoms with van der Waals surface area (Å²) in [5.74, 6) is -1.41. The first-order valence-electron chi connectivity index (χ1n) is 10.7. The molecule has 6 nitrogen and oxygen atoms in total. The van der Waals surface area contributed by atoms with Gasteiger partial charge in [0, 0.05) is 18.8 Å². The molecule has 0 spiro atoms. The molecule has 1 aliphatic rings. The summed E-state index contributed by atoms with van der Waals surface area (Å²) in [4.78, 5) is 27.4. The third-order valence-electron chi connectivity index (χ3n) is 5.79. The summed E-state index contributed by atoms with van der Waals surface area (Å²) >= 11 is 0. The number of ether oxygens (including phenoxy) is 1. The molecular formula is C24H28FNO5S. The van der Waals surface area contributed by atoms with Gasteiger partial charge in [-0.1, -0.05) is 37.5 Å². The quantitative estimate of drug-likeness (QED) is 0.581. The maximum absolute atomic E-state index is 13.3. The molecule has 0 aromatic heterocycles. The molecule has 8 heteroatoms. The van der Waals surface area contributed by atoms with Crippen LogP contribution in [0.1, 0.15) is 53.6 Å². The van der Waals surface area contributed by atoms with Crippen molar-refractivity contribution in [1.29, 1.82) is 0 Å². The third kappa shape index (κ3) is 6.16. The minimum Gasteiger partial charge on any atom is -0.452 e. The van der Waals surface area contributed by atoms with Crippen LogP contribution in [0.25, 0.3) is 0 Å². The Morgan fingerprint density at radius 1 is 1.06 bits per heavy atom. The average molecular weight is 462 g/mol. The molecule has 3 rings (SSSR count). The lowest BCUT2D eigenvalue weighted by atomic mass is 9.93. The van der Waals surface area contributed by atoms with Crippen LogP contribution < -0.4 is 0 Å². The molecule has 0 radical (unpaired) electrons. The van der Waals surface area contributed by atoms with Crippen LogP contribution in [0, 0.1) is 12.7 Å². The minimum atomic E-state index is -3.48. The number of hydrogen-bond acceptors (Lipinski definition) is 5. The maximum atomic E-state index is 13.3. The lowest BCUT2D eigenvalue weighted by Gasteiger charge is -2.34. The molecular weight excluding hydrogens is 433 g/mol. The number of rotatable bonds is 7. The van der Waals surface area contributed by atoms with Crippen molar-refractivity contribution in [1.82, 2.24) is 4.90 Å². The molecule has 0 N–H and O–H groups in total. The van der Waals surface area contributed by atoms with Crippen molar-refractivity contribution in [2.45, 2.75) is 56.5 Å². The van der Waals surface area contributed by atoms with Gasteiger partial charge in [-0.15, -0.1) is 0 Å². The molecule has 1 aliphatic carbocycles. The van der Waals surface area contributed by atoms with Crippen molar-refractivity contribution in [2.24, 2.45) is 0 Å². The molecule has 172 valence electrons. The summed E-state index contributed by atoms with van der Waals surface area (Å²) in [6.45, 7) is 1.54. The van der Waals surface area contributed by atoms with E-state index in [0.29, 0.717) is 12.1 Å². The number of halogens is 1. The van der Waals surface area contributed by atoms with E-state index in [1.54, 1.807) is 24.0 Å². The van der Waals surface area contributed by atoms with Gasteiger partial charge in [-0.2, -0.15) is 0 Å². The highest BCUT2D eigenvalue weighted by atomic mass is 32.2. The van der Waals surface area contributed by atoms with E-state index in [9.17, 15) is 22.4 Å². The summed E-state index contributed by atoms with van der Waals surface area (Å²) in [5, 5.41) is 0. The normalized spacial score (nSPS) is 14.7. The second-order valence-electron chi connectivity index (χ2n) is 8.26. The number of amides is 1. The highest BCUT2D eigenvalue weighted by molar-refractivity contribution is 7.90. The summed E-state index contributed by atoms with van der Waals surface area (Å²) in [5.41, 5.74) is 1.47. The first-order chi connectivity index (χ1) is 15.1. The Kier molecular flexibility index (Phi) is 7.66. The number of esters is 1. The molecule has 2 aromatic rings. The molecule has 1 amide bonds. The highest BCUT2D eigenvalue weighted by Crippen LogP contribution is 2.25. The van der Waals surface area contributed by atoms with Crippen LogP contribution >= 0.6 is 0 Å². The Balaban J connectivity index is 1.73. The molecule has 2 aromatic carbocycles. The van der Waals surface area contributed by atoms with Gasteiger partial charge in [0.05, 0.1) is 10.5 Å². The SMILES string of the molecule is Cc1ccc(S(C)(=O)=O)cc1C(=O)OCC(=O)N(Cc1ccc(F)cc1)C1CCCCC1. The van der Waals surface area contributed by atoms with Crippen LogP contribution in [-0.2, 0) is 25.9 Å². The first kappa shape index (κ1) is 23.9. The summed E-state index contributed by atoms with van der Waals surface area (Å²) in [6.07, 6.45) is 5.98. The van der Waals surface area contributed by atoms with Crippen LogP contribution in [0.15, 0.2) is 47.4 Å². The van der Waals surface area contributed by atoms with Crippen LogP contribution in [0.2, 0.25) is 0 Å². The number of benzene rings is 2. The van der Waals surface area contributed by atoms with E-state index in [1.165, 1.54) is 30.3 Å². The zero-order chi connectivity index (χ0) is 23.3. The van der Waals surface area contributed by atoms with Gasteiger partial charge in [0.15, 0.2) is 16.4 Å². The number of nitrogens with zero attached hydrogens (tertiary/aromatic N) is 1. The molecule has 0 unspecified atom stereocenters. The highest BCUT2D eigenvalue weighted by Gasteiger charge is 2.27. The molecule has 0 atom stereocenters. The maximum Gasteiger partial charge on any atom is 0.338 e. The lowest BCUT2D eigenvalue weighted by Crippen LogP contribution is -2.43. The van der Waals surface area contributed by atoms with E-state index >= 15 is 0 Å². The fourth-order valence-corrected chi connectivity index (χ4v) is 4.59. The number of hydrogen-bond donors (Lipinski definition) is 0. The van der Waals surface area contributed by atoms with Crippen molar-refractivity contribution >= 4 is 21.7 Å². The van der Waals surface area contributed by atoms with Gasteiger partial charge >= 0.3 is 5.97 Å². The number of sulfone groups is 1. The zero-order valence-electron chi connectivity index (χ0n) is 18.3. The molecule has 0 heterocycles. The van der Waals surface area contributed by atoms with Gasteiger partial charge in [0.2, 0.25) is 0 Å². The summed E-state index contributed by atoms with van der Waals surface area (Å²) in [7, 11) is -3.48. The molecule has 0 bridgehead atoms. The van der Waals surface area contributed by atoms with Crippen molar-refractivity contribution in [3.63, 3.8) is 0 Å². The number of carbonyl (C=O) groups is 2. The Labute approximate surface area is 188 Å². The second kappa shape index (κ2) is 10.3. The topological polar surface area (TPSA) is 80.7 Å². The second-order valence-corrected chi connectivity index (χ2v) is 10.3. The van der Waals surface area contributed by atoms with E-state index in [1.807, 2.05) is 0 Å². The van der Waals surface area contributed by atoms with Gasteiger partial charge in [0.1, 0.15) is 5.82 Å². The standard InChI is InChI=1S/C24H28FNO5S/c1-17-8-13-21(32(2,29)30)14-22(17)24(28)31-16-23(27)26(20-6-4-3-5-7-20)15-18-9-11-19(25)12-10-18/h8-14,20H,3-7,15-16H2,1-2H3. The fourth-order valence-electron chi connectivity index (χ4n) is 3.94. The number of aryl methyl sites for hydroxylation is 1. The van der Waals surface area contributed by atoms with E-state index in [2.05, 4.69) is 0 Å². The smallest absolute Gasteiger partial charge is 0.338 e. The van der Waals surface area contributed by atoms with E-state index in [0.717, 1.165) is 43.9 Å². The Morgan fingerprint density at radius 2 is 1.72 bits per heavy atom. The average Bonchev–Trinajstić information content (AvgIpc) is 2.77. The van der Waals surface area contributed by atoms with E-state index in [-0.39, 0.29) is 28.2 Å². The van der Waals surface area contributed by atoms with Crippen LogP contribution in [0.3, 0.4) is 0 Å². The van der Waals surface area contributed by atoms with Crippen LogP contribution in [0.5, 0.6) is 0 Å². The van der Waals surface area contributed by atoms with Crippen LogP contribution in [-0.4, -0.2) is 44.1 Å². The van der Waals surface area contributed by atoms with Crippen molar-refractivity contribution < 1.29 is 27.1 Å². The van der Waals surface area contributed by atoms with Gasteiger partial charge in [-0.05, 0) is 55.2 Å². The van der Waals surface area contributed by atoms with Gasteiger partial charge in [-0.3, -0.25) is 4.79 Å². The number of carbonyl (C=O) groups excluding carboxylic acids is 2. The Bertz CT molecular complexity index is 1080. The largest absolute Gasteiger partial charge is 0.452 e. The Hall–Kier alpha value is -2.74. The summed E-state index contributed by atoms with van der Waals surface area (Å²) in [6, 6.07) is 10.3. The predicted molar refractivity (Wildman–Crippen MR) is 118 cm³/mol. The minimum absolute atomic E-state index is 0.0153. The predicted octanol–water partition coefficient (Wildman–Crippen LogP) is 4.06. The lowest BCUT2D eigenvalue weighted by molar-refractivity contribution is -0.138. The fraction of sp³-hybridized carbons (Fsp3) is 0.417.